The minimum Gasteiger partial charge on any atom is -0.442 e. The van der Waals surface area contributed by atoms with Crippen LogP contribution in [0.2, 0.25) is 0 Å². The van der Waals surface area contributed by atoms with Crippen LogP contribution in [0.4, 0.5) is 0 Å². The molecule has 0 saturated heterocycles. The Hall–Kier alpha value is -1.43. The molecule has 70 valence electrons. The van der Waals surface area contributed by atoms with E-state index in [4.69, 9.17) is 0 Å². The van der Waals surface area contributed by atoms with Crippen molar-refractivity contribution in [1.29, 1.82) is 0 Å². The quantitative estimate of drug-likeness (QED) is 0.375. The van der Waals surface area contributed by atoms with Crippen molar-refractivity contribution >= 4 is 22.4 Å². The Morgan fingerprint density at radius 2 is 2.46 bits per heavy atom. The fourth-order valence-corrected chi connectivity index (χ4v) is 1.04. The summed E-state index contributed by atoms with van der Waals surface area (Å²) < 4.78 is 14.2. The standard InChI is InChI=1S/C7H8N3O2S/c1-10-4-3-6(5-8-10)7(11)9-13(2)12/h3-5H,2H2,1H3/q-1/p+1. The third-order valence-electron chi connectivity index (χ3n) is 1.32. The summed E-state index contributed by atoms with van der Waals surface area (Å²) in [4.78, 5) is 11.2. The van der Waals surface area contributed by atoms with Crippen LogP contribution in [0.15, 0.2) is 18.5 Å². The van der Waals surface area contributed by atoms with E-state index in [0.29, 0.717) is 5.56 Å². The second-order valence-electron chi connectivity index (χ2n) is 2.37. The van der Waals surface area contributed by atoms with Gasteiger partial charge in [0.15, 0.2) is 13.2 Å². The fourth-order valence-electron chi connectivity index (χ4n) is 0.720. The first-order chi connectivity index (χ1) is 6.09. The molecule has 0 atom stereocenters. The van der Waals surface area contributed by atoms with Gasteiger partial charge in [0.1, 0.15) is 6.20 Å². The largest absolute Gasteiger partial charge is 0.442 e. The molecule has 1 aromatic rings. The lowest BCUT2D eigenvalue weighted by atomic mass is 10.3. The summed E-state index contributed by atoms with van der Waals surface area (Å²) in [6.07, 6.45) is 3.02. The van der Waals surface area contributed by atoms with Gasteiger partial charge in [-0.05, 0) is 5.10 Å². The maximum atomic E-state index is 11.2. The van der Waals surface area contributed by atoms with E-state index in [-0.39, 0.29) is 0 Å². The van der Waals surface area contributed by atoms with Gasteiger partial charge in [-0.2, -0.15) is 16.4 Å². The molecule has 0 aromatic carbocycles. The summed E-state index contributed by atoms with van der Waals surface area (Å²) in [6.45, 7) is 0. The monoisotopic (exact) mass is 199 g/mol. The summed E-state index contributed by atoms with van der Waals surface area (Å²) in [5.74, 6) is 2.69. The van der Waals surface area contributed by atoms with E-state index in [1.807, 2.05) is 0 Å². The number of carbonyl (C=O) groups is 1. The van der Waals surface area contributed by atoms with Crippen molar-refractivity contribution in [3.05, 3.63) is 24.0 Å². The fraction of sp³-hybridized carbons (Fsp3) is 0.143. The Kier molecular flexibility index (Phi) is 2.97. The SMILES string of the molecule is C=[S-](=O)NC(=O)c1cc[n+](C)nc1. The molecule has 1 rings (SSSR count). The molecular formula is C7H9N3O2S. The van der Waals surface area contributed by atoms with Crippen LogP contribution >= 0.6 is 0 Å². The highest BCUT2D eigenvalue weighted by Gasteiger charge is 2.03. The maximum absolute atomic E-state index is 11.2. The molecule has 0 saturated carbocycles. The molecule has 0 fully saturated rings. The number of carbonyl (C=O) groups excluding carboxylic acids is 1. The molecule has 1 aromatic heterocycles. The van der Waals surface area contributed by atoms with Gasteiger partial charge in [0.2, 0.25) is 5.91 Å². The Morgan fingerprint density at radius 1 is 1.77 bits per heavy atom. The number of hydrogen-bond acceptors (Lipinski definition) is 4. The van der Waals surface area contributed by atoms with Crippen molar-refractivity contribution in [2.24, 2.45) is 7.05 Å². The molecule has 1 N–H and O–H groups in total. The third kappa shape index (κ3) is 2.83. The average molecular weight is 199 g/mol. The molecule has 0 aliphatic carbocycles. The van der Waals surface area contributed by atoms with E-state index in [1.54, 1.807) is 24.0 Å². The lowest BCUT2D eigenvalue weighted by Gasteiger charge is -2.04. The molecule has 6 heteroatoms. The van der Waals surface area contributed by atoms with Gasteiger partial charge >= 0.3 is 0 Å². The third-order valence-corrected chi connectivity index (χ3v) is 1.73. The van der Waals surface area contributed by atoms with E-state index in [0.717, 1.165) is 0 Å². The van der Waals surface area contributed by atoms with Crippen molar-refractivity contribution in [3.8, 4) is 0 Å². The number of aromatic nitrogens is 2. The Labute approximate surface area is 77.6 Å². The van der Waals surface area contributed by atoms with Gasteiger partial charge in [-0.1, -0.05) is 4.68 Å². The van der Waals surface area contributed by atoms with Crippen molar-refractivity contribution in [1.82, 2.24) is 9.82 Å². The van der Waals surface area contributed by atoms with Crippen molar-refractivity contribution in [2.45, 2.75) is 0 Å². The molecule has 0 aliphatic heterocycles. The number of amides is 1. The van der Waals surface area contributed by atoms with Gasteiger partial charge in [0, 0.05) is 6.07 Å². The highest BCUT2D eigenvalue weighted by atomic mass is 32.2. The molecule has 1 amide bonds. The molecule has 0 unspecified atom stereocenters. The highest BCUT2D eigenvalue weighted by Crippen LogP contribution is 1.91. The predicted octanol–water partition coefficient (Wildman–Crippen LogP) is -1.05. The number of aryl methyl sites for hydroxylation is 1. The normalized spacial score (nSPS) is 10.0. The molecular weight excluding hydrogens is 190 g/mol. The smallest absolute Gasteiger partial charge is 0.236 e. The Morgan fingerprint density at radius 3 is 2.92 bits per heavy atom. The van der Waals surface area contributed by atoms with Gasteiger partial charge < -0.3 is 8.93 Å². The summed E-state index contributed by atoms with van der Waals surface area (Å²) >= 11 is 0. The first kappa shape index (κ1) is 9.66. The van der Waals surface area contributed by atoms with Crippen LogP contribution in [0.25, 0.3) is 0 Å². The molecule has 0 radical (unpaired) electrons. The number of nitrogens with one attached hydrogen (secondary N) is 1. The molecule has 0 bridgehead atoms. The topological polar surface area (TPSA) is 62.9 Å². The second-order valence-corrected chi connectivity index (χ2v) is 3.26. The van der Waals surface area contributed by atoms with Crippen LogP contribution in [0.1, 0.15) is 10.4 Å². The van der Waals surface area contributed by atoms with Crippen LogP contribution in [-0.4, -0.2) is 16.9 Å². The van der Waals surface area contributed by atoms with E-state index < -0.39 is 16.5 Å². The van der Waals surface area contributed by atoms with Crippen LogP contribution in [0.5, 0.6) is 0 Å². The van der Waals surface area contributed by atoms with Gasteiger partial charge in [-0.25, -0.2) is 0 Å². The van der Waals surface area contributed by atoms with E-state index in [1.165, 1.54) is 6.20 Å². The van der Waals surface area contributed by atoms with Crippen LogP contribution in [-0.2, 0) is 21.8 Å². The number of rotatable bonds is 2. The summed E-state index contributed by atoms with van der Waals surface area (Å²) in [7, 11) is 0.152. The second kappa shape index (κ2) is 3.99. The first-order valence-electron chi connectivity index (χ1n) is 3.44. The van der Waals surface area contributed by atoms with E-state index in [9.17, 15) is 9.00 Å². The molecule has 0 spiro atoms. The van der Waals surface area contributed by atoms with E-state index >= 15 is 0 Å². The van der Waals surface area contributed by atoms with E-state index in [2.05, 4.69) is 15.7 Å². The van der Waals surface area contributed by atoms with Crippen molar-refractivity contribution < 1.29 is 13.7 Å². The number of nitrogens with zero attached hydrogens (tertiary/aromatic N) is 2. The zero-order valence-corrected chi connectivity index (χ0v) is 7.87. The molecule has 0 aliphatic rings. The van der Waals surface area contributed by atoms with Crippen LogP contribution in [0, 0.1) is 0 Å². The minimum absolute atomic E-state index is 0.357. The zero-order valence-electron chi connectivity index (χ0n) is 7.06. The highest BCUT2D eigenvalue weighted by molar-refractivity contribution is 7.81. The average Bonchev–Trinajstić information content (AvgIpc) is 2.04. The summed E-state index contributed by atoms with van der Waals surface area (Å²) in [5.41, 5.74) is 0.357. The minimum atomic E-state index is -1.59. The molecule has 13 heavy (non-hydrogen) atoms. The lowest BCUT2D eigenvalue weighted by Crippen LogP contribution is -2.33. The van der Waals surface area contributed by atoms with Gasteiger partial charge in [0.25, 0.3) is 0 Å². The van der Waals surface area contributed by atoms with Crippen LogP contribution in [0.3, 0.4) is 0 Å². The molecule has 1 heterocycles. The van der Waals surface area contributed by atoms with Gasteiger partial charge in [-0.15, -0.1) is 0 Å². The van der Waals surface area contributed by atoms with Gasteiger partial charge in [0.05, 0.1) is 5.56 Å². The Bertz CT molecular complexity index is 375. The van der Waals surface area contributed by atoms with Crippen molar-refractivity contribution in [2.75, 3.05) is 0 Å². The first-order valence-corrected chi connectivity index (χ1v) is 4.76. The number of hydrogen-bond donors (Lipinski definition) is 1. The predicted molar refractivity (Wildman–Crippen MR) is 48.1 cm³/mol. The molecule has 5 nitrogen and oxygen atoms in total. The van der Waals surface area contributed by atoms with Crippen LogP contribution < -0.4 is 9.40 Å². The zero-order chi connectivity index (χ0) is 9.84. The summed E-state index contributed by atoms with van der Waals surface area (Å²) in [6, 6.07) is 1.58. The summed E-state index contributed by atoms with van der Waals surface area (Å²) in [5, 5.41) is 3.84. The van der Waals surface area contributed by atoms with Gasteiger partial charge in [-0.3, -0.25) is 4.79 Å². The Balaban J connectivity index is 2.83. The maximum Gasteiger partial charge on any atom is 0.236 e. The van der Waals surface area contributed by atoms with Crippen molar-refractivity contribution in [3.63, 3.8) is 0 Å². The lowest BCUT2D eigenvalue weighted by molar-refractivity contribution is -0.730.